The van der Waals surface area contributed by atoms with Gasteiger partial charge >= 0.3 is 0 Å². The number of nitrogens with zero attached hydrogens (tertiary/aromatic N) is 1. The zero-order chi connectivity index (χ0) is 10.1. The Hall–Kier alpha value is -1.49. The Morgan fingerprint density at radius 3 is 2.79 bits per heavy atom. The second kappa shape index (κ2) is 3.34. The molecule has 0 bridgehead atoms. The first-order valence-electron chi connectivity index (χ1n) is 3.97. The summed E-state index contributed by atoms with van der Waals surface area (Å²) in [5, 5.41) is 9.64. The molecule has 4 N–H and O–H groups in total. The summed E-state index contributed by atoms with van der Waals surface area (Å²) in [5.74, 6) is 0.512. The lowest BCUT2D eigenvalue weighted by molar-refractivity contribution is 0.477. The molecule has 0 saturated carbocycles. The molecule has 72 valence electrons. The fraction of sp³-hybridized carbons (Fsp3) is 0. The number of rotatable bonds is 1. The van der Waals surface area contributed by atoms with Crippen LogP contribution in [0.5, 0.6) is 5.75 Å². The molecule has 2 rings (SSSR count). The van der Waals surface area contributed by atoms with Crippen molar-refractivity contribution in [1.82, 2.24) is 9.97 Å². The average molecular weight is 254 g/mol. The highest BCUT2D eigenvalue weighted by Gasteiger charge is 2.10. The maximum absolute atomic E-state index is 9.64. The van der Waals surface area contributed by atoms with E-state index in [1.54, 1.807) is 18.3 Å². The third-order valence-electron chi connectivity index (χ3n) is 1.86. The van der Waals surface area contributed by atoms with Crippen molar-refractivity contribution in [2.45, 2.75) is 0 Å². The molecule has 0 radical (unpaired) electrons. The summed E-state index contributed by atoms with van der Waals surface area (Å²) < 4.78 is 0.793. The zero-order valence-electron chi connectivity index (χ0n) is 7.16. The summed E-state index contributed by atoms with van der Waals surface area (Å²) in [6.07, 6.45) is 1.58. The van der Waals surface area contributed by atoms with Gasteiger partial charge in [-0.2, -0.15) is 0 Å². The highest BCUT2D eigenvalue weighted by molar-refractivity contribution is 9.10. The third kappa shape index (κ3) is 1.46. The van der Waals surface area contributed by atoms with Crippen molar-refractivity contribution in [3.8, 4) is 17.0 Å². The van der Waals surface area contributed by atoms with Crippen LogP contribution in [-0.4, -0.2) is 15.1 Å². The van der Waals surface area contributed by atoms with Crippen molar-refractivity contribution in [1.29, 1.82) is 0 Å². The first-order chi connectivity index (χ1) is 6.68. The van der Waals surface area contributed by atoms with Gasteiger partial charge < -0.3 is 15.8 Å². The van der Waals surface area contributed by atoms with Crippen LogP contribution in [0.4, 0.5) is 5.95 Å². The van der Waals surface area contributed by atoms with Crippen LogP contribution in [0.1, 0.15) is 0 Å². The molecule has 0 fully saturated rings. The molecule has 1 aromatic heterocycles. The second-order valence-electron chi connectivity index (χ2n) is 2.82. The molecule has 0 saturated heterocycles. The maximum Gasteiger partial charge on any atom is 0.197 e. The fourth-order valence-electron chi connectivity index (χ4n) is 1.24. The van der Waals surface area contributed by atoms with Crippen molar-refractivity contribution >= 4 is 21.9 Å². The first kappa shape index (κ1) is 9.08. The van der Waals surface area contributed by atoms with Crippen molar-refractivity contribution in [3.63, 3.8) is 0 Å². The van der Waals surface area contributed by atoms with Gasteiger partial charge in [-0.15, -0.1) is 0 Å². The van der Waals surface area contributed by atoms with E-state index in [1.165, 1.54) is 0 Å². The number of nitrogens with one attached hydrogen (secondary N) is 1. The molecule has 0 unspecified atom stereocenters. The number of aromatic hydroxyl groups is 1. The van der Waals surface area contributed by atoms with E-state index >= 15 is 0 Å². The minimum atomic E-state index is 0.183. The van der Waals surface area contributed by atoms with Crippen LogP contribution in [-0.2, 0) is 0 Å². The van der Waals surface area contributed by atoms with Gasteiger partial charge in [0, 0.05) is 4.47 Å². The normalized spacial score (nSPS) is 10.4. The Morgan fingerprint density at radius 1 is 1.43 bits per heavy atom. The molecule has 14 heavy (non-hydrogen) atoms. The van der Waals surface area contributed by atoms with Crippen LogP contribution < -0.4 is 5.73 Å². The van der Waals surface area contributed by atoms with Crippen LogP contribution in [0.2, 0.25) is 0 Å². The Bertz CT molecular complexity index is 447. The van der Waals surface area contributed by atoms with Crippen LogP contribution in [0.3, 0.4) is 0 Å². The molecule has 4 nitrogen and oxygen atoms in total. The van der Waals surface area contributed by atoms with Gasteiger partial charge in [-0.25, -0.2) is 4.98 Å². The molecule has 0 aliphatic carbocycles. The van der Waals surface area contributed by atoms with Crippen LogP contribution in [0, 0.1) is 0 Å². The predicted octanol–water partition coefficient (Wildman–Crippen LogP) is 2.13. The molecule has 0 atom stereocenters. The number of nitrogens with two attached hydrogens (primary N) is 1. The monoisotopic (exact) mass is 253 g/mol. The smallest absolute Gasteiger partial charge is 0.197 e. The Labute approximate surface area is 88.9 Å². The molecule has 1 heterocycles. The molecule has 5 heteroatoms. The number of nitrogen functional groups attached to an aromatic ring is 1. The van der Waals surface area contributed by atoms with E-state index in [9.17, 15) is 5.11 Å². The Kier molecular flexibility index (Phi) is 2.17. The third-order valence-corrected chi connectivity index (χ3v) is 2.52. The number of halogens is 1. The maximum atomic E-state index is 9.64. The number of aromatic nitrogens is 2. The summed E-state index contributed by atoms with van der Waals surface area (Å²) in [6.45, 7) is 0. The number of H-pyrrole nitrogens is 1. The minimum absolute atomic E-state index is 0.183. The van der Waals surface area contributed by atoms with Gasteiger partial charge in [-0.3, -0.25) is 0 Å². The van der Waals surface area contributed by atoms with E-state index in [0.29, 0.717) is 17.2 Å². The molecule has 0 amide bonds. The molecular weight excluding hydrogens is 246 g/mol. The van der Waals surface area contributed by atoms with Crippen LogP contribution in [0.25, 0.3) is 11.3 Å². The van der Waals surface area contributed by atoms with E-state index in [-0.39, 0.29) is 5.75 Å². The highest BCUT2D eigenvalue weighted by atomic mass is 79.9. The lowest BCUT2D eigenvalue weighted by atomic mass is 10.1. The van der Waals surface area contributed by atoms with Gasteiger partial charge in [0.15, 0.2) is 5.95 Å². The highest BCUT2D eigenvalue weighted by Crippen LogP contribution is 2.34. The van der Waals surface area contributed by atoms with Crippen LogP contribution in [0.15, 0.2) is 28.9 Å². The fourth-order valence-corrected chi connectivity index (χ4v) is 1.81. The lowest BCUT2D eigenvalue weighted by Crippen LogP contribution is -1.86. The quantitative estimate of drug-likeness (QED) is 0.729. The van der Waals surface area contributed by atoms with Gasteiger partial charge in [0.1, 0.15) is 5.75 Å². The number of hydrogen-bond acceptors (Lipinski definition) is 3. The molecule has 0 aliphatic rings. The van der Waals surface area contributed by atoms with Crippen molar-refractivity contribution in [3.05, 3.63) is 28.9 Å². The number of benzene rings is 1. The minimum Gasteiger partial charge on any atom is -0.507 e. The number of imidazole rings is 1. The number of phenols is 1. The molecule has 0 spiro atoms. The van der Waals surface area contributed by atoms with Crippen LogP contribution >= 0.6 is 15.9 Å². The van der Waals surface area contributed by atoms with E-state index in [0.717, 1.165) is 4.47 Å². The number of phenolic OH excluding ortho intramolecular Hbond substituents is 1. The number of aromatic amines is 1. The standard InChI is InChI=1S/C9H8BrN3O/c10-5-2-1-3-7(14)8(5)6-4-12-9(11)13-6/h1-4,14H,(H3,11,12,13). The Morgan fingerprint density at radius 2 is 2.21 bits per heavy atom. The molecule has 2 aromatic rings. The van der Waals surface area contributed by atoms with Gasteiger partial charge in [0.05, 0.1) is 17.5 Å². The topological polar surface area (TPSA) is 74.9 Å². The van der Waals surface area contributed by atoms with Crippen molar-refractivity contribution in [2.75, 3.05) is 5.73 Å². The second-order valence-corrected chi connectivity index (χ2v) is 3.67. The summed E-state index contributed by atoms with van der Waals surface area (Å²) in [5.41, 5.74) is 6.80. The largest absolute Gasteiger partial charge is 0.507 e. The summed E-state index contributed by atoms with van der Waals surface area (Å²) >= 11 is 3.34. The first-order valence-corrected chi connectivity index (χ1v) is 4.76. The molecular formula is C9H8BrN3O. The summed E-state index contributed by atoms with van der Waals surface area (Å²) in [7, 11) is 0. The Balaban J connectivity index is 2.61. The summed E-state index contributed by atoms with van der Waals surface area (Å²) in [4.78, 5) is 6.72. The van der Waals surface area contributed by atoms with Crippen molar-refractivity contribution in [2.24, 2.45) is 0 Å². The average Bonchev–Trinajstić information content (AvgIpc) is 2.51. The predicted molar refractivity (Wildman–Crippen MR) is 57.8 cm³/mol. The van der Waals surface area contributed by atoms with Gasteiger partial charge in [0.2, 0.25) is 0 Å². The lowest BCUT2D eigenvalue weighted by Gasteiger charge is -2.03. The molecule has 1 aromatic carbocycles. The van der Waals surface area contributed by atoms with E-state index in [4.69, 9.17) is 5.73 Å². The van der Waals surface area contributed by atoms with Gasteiger partial charge in [-0.05, 0) is 28.1 Å². The zero-order valence-corrected chi connectivity index (χ0v) is 8.75. The van der Waals surface area contributed by atoms with E-state index in [2.05, 4.69) is 25.9 Å². The number of hydrogen-bond donors (Lipinski definition) is 3. The van der Waals surface area contributed by atoms with Gasteiger partial charge in [0.25, 0.3) is 0 Å². The SMILES string of the molecule is Nc1ncc(-c2c(O)cccc2Br)[nH]1. The van der Waals surface area contributed by atoms with Gasteiger partial charge in [-0.1, -0.05) is 6.07 Å². The van der Waals surface area contributed by atoms with E-state index < -0.39 is 0 Å². The number of anilines is 1. The van der Waals surface area contributed by atoms with Crippen molar-refractivity contribution < 1.29 is 5.11 Å². The summed E-state index contributed by atoms with van der Waals surface area (Å²) in [6, 6.07) is 5.20. The molecule has 0 aliphatic heterocycles. The van der Waals surface area contributed by atoms with E-state index in [1.807, 2.05) is 6.07 Å².